The van der Waals surface area contributed by atoms with E-state index in [2.05, 4.69) is 15.0 Å². The van der Waals surface area contributed by atoms with Gasteiger partial charge in [0.05, 0.1) is 5.70 Å². The molecule has 3 aromatic rings. The van der Waals surface area contributed by atoms with Crippen LogP contribution in [0.1, 0.15) is 16.7 Å². The Hall–Kier alpha value is -3.87. The zero-order chi connectivity index (χ0) is 22.6. The number of rotatable bonds is 6. The van der Waals surface area contributed by atoms with Gasteiger partial charge in [-0.1, -0.05) is 72.8 Å². The second-order valence-electron chi connectivity index (χ2n) is 7.11. The Kier molecular flexibility index (Phi) is 6.07. The van der Waals surface area contributed by atoms with E-state index in [1.165, 1.54) is 24.3 Å². The zero-order valence-electron chi connectivity index (χ0n) is 16.9. The average Bonchev–Trinajstić information content (AvgIpc) is 3.11. The van der Waals surface area contributed by atoms with Gasteiger partial charge in [0.25, 0.3) is 5.91 Å². The number of halogens is 3. The predicted octanol–water partition coefficient (Wildman–Crippen LogP) is 5.27. The van der Waals surface area contributed by atoms with Gasteiger partial charge < -0.3 is 10.1 Å². The second-order valence-corrected chi connectivity index (χ2v) is 7.11. The molecule has 7 heteroatoms. The second kappa shape index (κ2) is 9.09. The molecule has 0 atom stereocenters. The Balaban J connectivity index is 1.70. The highest BCUT2D eigenvalue weighted by Crippen LogP contribution is 2.32. The SMILES string of the molecule is O=C1NC(c2ccccc2)=C(c2ccc(OC(F)(F)F)cc2)C1=NCCc1ccccc1. The van der Waals surface area contributed by atoms with Gasteiger partial charge in [0.1, 0.15) is 11.5 Å². The first kappa shape index (κ1) is 21.4. The van der Waals surface area contributed by atoms with Crippen LogP contribution in [0.15, 0.2) is 89.9 Å². The highest BCUT2D eigenvalue weighted by atomic mass is 19.4. The number of hydrogen-bond donors (Lipinski definition) is 1. The molecule has 0 saturated carbocycles. The van der Waals surface area contributed by atoms with Crippen molar-refractivity contribution in [2.75, 3.05) is 6.54 Å². The maximum Gasteiger partial charge on any atom is 0.573 e. The lowest BCUT2D eigenvalue weighted by atomic mass is 9.98. The molecule has 1 amide bonds. The van der Waals surface area contributed by atoms with Crippen LogP contribution in [0.2, 0.25) is 0 Å². The summed E-state index contributed by atoms with van der Waals surface area (Å²) in [6.45, 7) is 0.396. The Morgan fingerprint density at radius 2 is 1.44 bits per heavy atom. The summed E-state index contributed by atoms with van der Waals surface area (Å²) in [7, 11) is 0. The van der Waals surface area contributed by atoms with Crippen LogP contribution in [-0.2, 0) is 11.2 Å². The van der Waals surface area contributed by atoms with Gasteiger partial charge in [-0.2, -0.15) is 0 Å². The van der Waals surface area contributed by atoms with E-state index in [9.17, 15) is 18.0 Å². The molecule has 4 rings (SSSR count). The van der Waals surface area contributed by atoms with Gasteiger partial charge in [-0.05, 0) is 35.2 Å². The first-order valence-electron chi connectivity index (χ1n) is 9.97. The fourth-order valence-corrected chi connectivity index (χ4v) is 3.49. The number of alkyl halides is 3. The molecule has 1 N–H and O–H groups in total. The van der Waals surface area contributed by atoms with E-state index in [1.54, 1.807) is 0 Å². The van der Waals surface area contributed by atoms with Gasteiger partial charge >= 0.3 is 6.36 Å². The highest BCUT2D eigenvalue weighted by Gasteiger charge is 2.32. The van der Waals surface area contributed by atoms with Crippen LogP contribution in [-0.4, -0.2) is 24.5 Å². The Morgan fingerprint density at radius 1 is 0.812 bits per heavy atom. The van der Waals surface area contributed by atoms with E-state index in [1.807, 2.05) is 60.7 Å². The van der Waals surface area contributed by atoms with Gasteiger partial charge in [-0.3, -0.25) is 9.79 Å². The van der Waals surface area contributed by atoms with E-state index < -0.39 is 6.36 Å². The molecule has 4 nitrogen and oxygen atoms in total. The quantitative estimate of drug-likeness (QED) is 0.573. The number of carbonyl (C=O) groups is 1. The average molecular weight is 436 g/mol. The summed E-state index contributed by atoms with van der Waals surface area (Å²) in [6, 6.07) is 24.5. The minimum absolute atomic E-state index is 0.254. The molecule has 1 aliphatic heterocycles. The Morgan fingerprint density at radius 3 is 2.06 bits per heavy atom. The summed E-state index contributed by atoms with van der Waals surface area (Å²) < 4.78 is 41.5. The minimum Gasteiger partial charge on any atom is -0.406 e. The van der Waals surface area contributed by atoms with Crippen LogP contribution in [0.4, 0.5) is 13.2 Å². The number of carbonyl (C=O) groups excluding carboxylic acids is 1. The van der Waals surface area contributed by atoms with Crippen molar-refractivity contribution in [3.05, 3.63) is 102 Å². The Labute approximate surface area is 183 Å². The van der Waals surface area contributed by atoms with E-state index >= 15 is 0 Å². The van der Waals surface area contributed by atoms with Gasteiger partial charge in [0.2, 0.25) is 0 Å². The number of hydrogen-bond acceptors (Lipinski definition) is 3. The predicted molar refractivity (Wildman–Crippen MR) is 117 cm³/mol. The van der Waals surface area contributed by atoms with Crippen molar-refractivity contribution < 1.29 is 22.7 Å². The molecule has 1 heterocycles. The number of amides is 1. The molecular formula is C25H19F3N2O2. The molecule has 0 saturated heterocycles. The van der Waals surface area contributed by atoms with Gasteiger partial charge in [-0.25, -0.2) is 0 Å². The molecule has 32 heavy (non-hydrogen) atoms. The molecule has 3 aromatic carbocycles. The summed E-state index contributed by atoms with van der Waals surface area (Å²) in [5.41, 5.74) is 3.81. The van der Waals surface area contributed by atoms with Gasteiger partial charge in [0.15, 0.2) is 0 Å². The third kappa shape index (κ3) is 5.06. The smallest absolute Gasteiger partial charge is 0.406 e. The molecule has 0 spiro atoms. The summed E-state index contributed by atoms with van der Waals surface area (Å²) in [5.74, 6) is -0.675. The molecule has 162 valence electrons. The first-order valence-corrected chi connectivity index (χ1v) is 9.97. The molecule has 0 aromatic heterocycles. The van der Waals surface area contributed by atoms with Gasteiger partial charge in [0, 0.05) is 12.1 Å². The van der Waals surface area contributed by atoms with Crippen molar-refractivity contribution >= 4 is 22.9 Å². The molecular weight excluding hydrogens is 417 g/mol. The topological polar surface area (TPSA) is 50.7 Å². The summed E-state index contributed by atoms with van der Waals surface area (Å²) in [4.78, 5) is 17.3. The number of ether oxygens (including phenoxy) is 1. The van der Waals surface area contributed by atoms with Crippen LogP contribution in [0.3, 0.4) is 0 Å². The monoisotopic (exact) mass is 436 g/mol. The van der Waals surface area contributed by atoms with Crippen molar-refractivity contribution in [3.63, 3.8) is 0 Å². The van der Waals surface area contributed by atoms with Crippen molar-refractivity contribution in [2.45, 2.75) is 12.8 Å². The maximum atomic E-state index is 12.8. The summed E-state index contributed by atoms with van der Waals surface area (Å²) >= 11 is 0. The van der Waals surface area contributed by atoms with Crippen LogP contribution >= 0.6 is 0 Å². The van der Waals surface area contributed by atoms with Crippen molar-refractivity contribution in [1.29, 1.82) is 0 Å². The Bertz CT molecular complexity index is 1150. The summed E-state index contributed by atoms with van der Waals surface area (Å²) in [6.07, 6.45) is -4.12. The number of nitrogens with zero attached hydrogens (tertiary/aromatic N) is 1. The first-order chi connectivity index (χ1) is 15.4. The maximum absolute atomic E-state index is 12.8. The zero-order valence-corrected chi connectivity index (χ0v) is 16.9. The standard InChI is InChI=1S/C25H19F3N2O2/c26-25(27,28)32-20-13-11-18(12-14-20)21-22(19-9-5-2-6-10-19)30-24(31)23(21)29-16-15-17-7-3-1-4-8-17/h1-14H,15-16H2,(H,29,30,31). The lowest BCUT2D eigenvalue weighted by molar-refractivity contribution is -0.274. The number of benzene rings is 3. The van der Waals surface area contributed by atoms with E-state index in [0.29, 0.717) is 29.8 Å². The third-order valence-corrected chi connectivity index (χ3v) is 4.89. The highest BCUT2D eigenvalue weighted by molar-refractivity contribution is 6.62. The van der Waals surface area contributed by atoms with Crippen LogP contribution in [0.5, 0.6) is 5.75 Å². The van der Waals surface area contributed by atoms with E-state index in [-0.39, 0.29) is 17.4 Å². The molecule has 0 radical (unpaired) electrons. The number of nitrogens with one attached hydrogen (secondary N) is 1. The molecule has 0 unspecified atom stereocenters. The summed E-state index contributed by atoms with van der Waals surface area (Å²) in [5, 5.41) is 2.87. The van der Waals surface area contributed by atoms with Crippen LogP contribution in [0.25, 0.3) is 11.3 Å². The van der Waals surface area contributed by atoms with E-state index in [0.717, 1.165) is 11.1 Å². The lowest BCUT2D eigenvalue weighted by Gasteiger charge is -2.11. The van der Waals surface area contributed by atoms with Crippen LogP contribution < -0.4 is 10.1 Å². The molecule has 0 bridgehead atoms. The lowest BCUT2D eigenvalue weighted by Crippen LogP contribution is -2.21. The van der Waals surface area contributed by atoms with Gasteiger partial charge in [-0.15, -0.1) is 13.2 Å². The normalized spacial score (nSPS) is 15.2. The molecule has 1 aliphatic rings. The molecule has 0 aliphatic carbocycles. The fourth-order valence-electron chi connectivity index (χ4n) is 3.49. The van der Waals surface area contributed by atoms with Crippen molar-refractivity contribution in [2.24, 2.45) is 4.99 Å². The van der Waals surface area contributed by atoms with E-state index in [4.69, 9.17) is 0 Å². The minimum atomic E-state index is -4.77. The van der Waals surface area contributed by atoms with Crippen LogP contribution in [0, 0.1) is 0 Å². The third-order valence-electron chi connectivity index (χ3n) is 4.89. The van der Waals surface area contributed by atoms with Crippen molar-refractivity contribution in [1.82, 2.24) is 5.32 Å². The number of aliphatic imine (C=N–C) groups is 1. The molecule has 0 fully saturated rings. The largest absolute Gasteiger partial charge is 0.573 e. The fraction of sp³-hybridized carbons (Fsp3) is 0.120. The van der Waals surface area contributed by atoms with Crippen molar-refractivity contribution in [3.8, 4) is 5.75 Å².